The number of likely N-dealkylation sites (tertiary alicyclic amines) is 1. The molecule has 3 aliphatic rings. The first kappa shape index (κ1) is 22.7. The van der Waals surface area contributed by atoms with Crippen LogP contribution < -0.4 is 11.1 Å². The van der Waals surface area contributed by atoms with Crippen molar-refractivity contribution in [1.82, 2.24) is 9.80 Å². The summed E-state index contributed by atoms with van der Waals surface area (Å²) in [6.45, 7) is 7.98. The summed E-state index contributed by atoms with van der Waals surface area (Å²) < 4.78 is 5.43. The first-order valence-corrected chi connectivity index (χ1v) is 12.7. The first-order chi connectivity index (χ1) is 15.1. The molecule has 0 aromatic carbocycles. The van der Waals surface area contributed by atoms with E-state index >= 15 is 0 Å². The molecule has 172 valence electrons. The highest BCUT2D eigenvalue weighted by Crippen LogP contribution is 2.38. The van der Waals surface area contributed by atoms with Gasteiger partial charge in [-0.3, -0.25) is 14.5 Å². The summed E-state index contributed by atoms with van der Waals surface area (Å²) in [7, 11) is 0. The van der Waals surface area contributed by atoms with E-state index in [4.69, 9.17) is 10.5 Å². The van der Waals surface area contributed by atoms with E-state index in [1.54, 1.807) is 0 Å². The molecule has 2 saturated heterocycles. The molecule has 0 bridgehead atoms. The van der Waals surface area contributed by atoms with Crippen LogP contribution in [0, 0.1) is 5.92 Å². The number of amides is 2. The van der Waals surface area contributed by atoms with Crippen LogP contribution in [-0.2, 0) is 22.4 Å². The summed E-state index contributed by atoms with van der Waals surface area (Å²) in [5, 5.41) is 3.65. The molecule has 2 fully saturated rings. The number of carbonyl (C=O) groups excluding carboxylic acids is 2. The molecule has 1 aliphatic carbocycles. The fraction of sp³-hybridized carbons (Fsp3) is 0.739. The summed E-state index contributed by atoms with van der Waals surface area (Å²) >= 11 is 1.54. The molecule has 1 aromatic heterocycles. The van der Waals surface area contributed by atoms with Crippen LogP contribution in [0.15, 0.2) is 0 Å². The Morgan fingerprint density at radius 2 is 1.74 bits per heavy atom. The first-order valence-electron chi connectivity index (χ1n) is 11.9. The van der Waals surface area contributed by atoms with Gasteiger partial charge in [0.15, 0.2) is 0 Å². The van der Waals surface area contributed by atoms with E-state index in [1.807, 2.05) is 0 Å². The largest absolute Gasteiger partial charge is 0.379 e. The molecule has 2 aliphatic heterocycles. The van der Waals surface area contributed by atoms with Gasteiger partial charge < -0.3 is 20.7 Å². The van der Waals surface area contributed by atoms with Gasteiger partial charge in [0, 0.05) is 30.9 Å². The minimum Gasteiger partial charge on any atom is -0.379 e. The normalized spacial score (nSPS) is 21.0. The van der Waals surface area contributed by atoms with E-state index in [1.165, 1.54) is 42.0 Å². The summed E-state index contributed by atoms with van der Waals surface area (Å²) in [4.78, 5) is 30.7. The van der Waals surface area contributed by atoms with Crippen molar-refractivity contribution >= 4 is 28.2 Å². The van der Waals surface area contributed by atoms with Crippen molar-refractivity contribution in [3.8, 4) is 0 Å². The summed E-state index contributed by atoms with van der Waals surface area (Å²) in [5.41, 5.74) is 7.25. The van der Waals surface area contributed by atoms with Gasteiger partial charge in [-0.1, -0.05) is 0 Å². The van der Waals surface area contributed by atoms with Crippen molar-refractivity contribution in [2.24, 2.45) is 11.7 Å². The average molecular weight is 449 g/mol. The van der Waals surface area contributed by atoms with Gasteiger partial charge in [-0.05, 0) is 76.1 Å². The van der Waals surface area contributed by atoms with Gasteiger partial charge in [-0.25, -0.2) is 0 Å². The molecule has 1 aromatic rings. The highest BCUT2D eigenvalue weighted by Gasteiger charge is 2.25. The molecule has 0 unspecified atom stereocenters. The molecule has 0 radical (unpaired) electrons. The third-order valence-corrected chi connectivity index (χ3v) is 8.20. The standard InChI is InChI=1S/C23H36N4O3S/c24-22(29)21-18-3-1-2-4-19(18)31-23(21)25-20(28)8-12-26-9-5-17(6-10-26)7-11-27-13-15-30-16-14-27/h17H,1-16H2,(H2,24,29)(H,25,28). The average Bonchev–Trinajstić information content (AvgIpc) is 3.15. The number of anilines is 1. The van der Waals surface area contributed by atoms with Crippen LogP contribution in [0.2, 0.25) is 0 Å². The minimum atomic E-state index is -0.422. The van der Waals surface area contributed by atoms with Crippen LogP contribution in [0.1, 0.15) is 59.3 Å². The smallest absolute Gasteiger partial charge is 0.251 e. The Morgan fingerprint density at radius 3 is 2.48 bits per heavy atom. The highest BCUT2D eigenvalue weighted by molar-refractivity contribution is 7.17. The van der Waals surface area contributed by atoms with Crippen molar-refractivity contribution in [3.63, 3.8) is 0 Å². The Kier molecular flexibility index (Phi) is 7.98. The Balaban J connectivity index is 1.19. The third kappa shape index (κ3) is 6.06. The Hall–Kier alpha value is -1.48. The number of morpholine rings is 1. The Bertz CT molecular complexity index is 767. The van der Waals surface area contributed by atoms with Gasteiger partial charge in [0.05, 0.1) is 18.8 Å². The molecule has 3 N–H and O–H groups in total. The predicted molar refractivity (Wildman–Crippen MR) is 124 cm³/mol. The lowest BCUT2D eigenvalue weighted by Crippen LogP contribution is -2.39. The zero-order chi connectivity index (χ0) is 21.6. The van der Waals surface area contributed by atoms with E-state index in [2.05, 4.69) is 15.1 Å². The van der Waals surface area contributed by atoms with Gasteiger partial charge in [0.2, 0.25) is 5.91 Å². The number of thiophene rings is 1. The van der Waals surface area contributed by atoms with Gasteiger partial charge >= 0.3 is 0 Å². The molecular weight excluding hydrogens is 412 g/mol. The van der Waals surface area contributed by atoms with E-state index in [0.717, 1.165) is 83.1 Å². The second-order valence-electron chi connectivity index (χ2n) is 9.11. The van der Waals surface area contributed by atoms with Crippen LogP contribution >= 0.6 is 11.3 Å². The molecule has 31 heavy (non-hydrogen) atoms. The number of ether oxygens (including phenoxy) is 1. The number of hydrogen-bond donors (Lipinski definition) is 2. The van der Waals surface area contributed by atoms with Crippen LogP contribution in [0.3, 0.4) is 0 Å². The second kappa shape index (κ2) is 10.9. The van der Waals surface area contributed by atoms with Crippen molar-refractivity contribution in [1.29, 1.82) is 0 Å². The fourth-order valence-electron chi connectivity index (χ4n) is 5.05. The van der Waals surface area contributed by atoms with Gasteiger partial charge in [0.25, 0.3) is 5.91 Å². The SMILES string of the molecule is NC(=O)c1c(NC(=O)CCN2CCC(CCN3CCOCC3)CC2)sc2c1CCCC2. The third-order valence-electron chi connectivity index (χ3n) is 6.99. The Labute approximate surface area is 189 Å². The number of nitrogens with one attached hydrogen (secondary N) is 1. The quantitative estimate of drug-likeness (QED) is 0.638. The number of fused-ring (bicyclic) bond motifs is 1. The van der Waals surface area contributed by atoms with Crippen LogP contribution in [0.5, 0.6) is 0 Å². The van der Waals surface area contributed by atoms with Crippen molar-refractivity contribution < 1.29 is 14.3 Å². The number of primary amides is 1. The molecule has 7 nitrogen and oxygen atoms in total. The maximum Gasteiger partial charge on any atom is 0.251 e. The van der Waals surface area contributed by atoms with Crippen molar-refractivity contribution in [3.05, 3.63) is 16.0 Å². The number of aryl methyl sites for hydroxylation is 1. The predicted octanol–water partition coefficient (Wildman–Crippen LogP) is 2.49. The topological polar surface area (TPSA) is 87.9 Å². The van der Waals surface area contributed by atoms with Crippen LogP contribution in [-0.4, -0.2) is 74.1 Å². The van der Waals surface area contributed by atoms with Gasteiger partial charge in [0.1, 0.15) is 5.00 Å². The fourth-order valence-corrected chi connectivity index (χ4v) is 6.36. The number of hydrogen-bond acceptors (Lipinski definition) is 6. The van der Waals surface area contributed by atoms with Crippen molar-refractivity contribution in [2.45, 2.75) is 51.4 Å². The maximum absolute atomic E-state index is 12.6. The number of carbonyl (C=O) groups is 2. The van der Waals surface area contributed by atoms with Crippen molar-refractivity contribution in [2.75, 3.05) is 57.8 Å². The van der Waals surface area contributed by atoms with Gasteiger partial charge in [-0.2, -0.15) is 0 Å². The molecule has 2 amide bonds. The number of nitrogens with zero attached hydrogens (tertiary/aromatic N) is 2. The number of nitrogens with two attached hydrogens (primary N) is 1. The van der Waals surface area contributed by atoms with E-state index < -0.39 is 5.91 Å². The monoisotopic (exact) mass is 448 g/mol. The second-order valence-corrected chi connectivity index (χ2v) is 10.2. The minimum absolute atomic E-state index is 0.0180. The molecular formula is C23H36N4O3S. The van der Waals surface area contributed by atoms with E-state index in [0.29, 0.717) is 17.0 Å². The summed E-state index contributed by atoms with van der Waals surface area (Å²) in [5.74, 6) is 0.355. The lowest BCUT2D eigenvalue weighted by atomic mass is 9.93. The summed E-state index contributed by atoms with van der Waals surface area (Å²) in [6.07, 6.45) is 8.26. The maximum atomic E-state index is 12.6. The molecule has 0 saturated carbocycles. The van der Waals surface area contributed by atoms with Crippen LogP contribution in [0.4, 0.5) is 5.00 Å². The lowest BCUT2D eigenvalue weighted by molar-refractivity contribution is -0.116. The number of piperidine rings is 1. The summed E-state index contributed by atoms with van der Waals surface area (Å²) in [6, 6.07) is 0. The van der Waals surface area contributed by atoms with Crippen LogP contribution in [0.25, 0.3) is 0 Å². The lowest BCUT2D eigenvalue weighted by Gasteiger charge is -2.33. The molecule has 0 spiro atoms. The van der Waals surface area contributed by atoms with E-state index in [-0.39, 0.29) is 5.91 Å². The molecule has 4 rings (SSSR count). The molecule has 3 heterocycles. The van der Waals surface area contributed by atoms with Gasteiger partial charge in [-0.15, -0.1) is 11.3 Å². The highest BCUT2D eigenvalue weighted by atomic mass is 32.1. The zero-order valence-corrected chi connectivity index (χ0v) is 19.3. The molecule has 0 atom stereocenters. The molecule has 8 heteroatoms. The number of rotatable bonds is 8. The Morgan fingerprint density at radius 1 is 1.03 bits per heavy atom. The zero-order valence-electron chi connectivity index (χ0n) is 18.5. The van der Waals surface area contributed by atoms with E-state index in [9.17, 15) is 9.59 Å².